The van der Waals surface area contributed by atoms with E-state index in [2.05, 4.69) is 20.1 Å². The summed E-state index contributed by atoms with van der Waals surface area (Å²) in [7, 11) is 1.73. The summed E-state index contributed by atoms with van der Waals surface area (Å²) in [5.74, 6) is 1.89. The Kier molecular flexibility index (Phi) is 4.31. The number of aromatic nitrogens is 5. The molecule has 0 bridgehead atoms. The summed E-state index contributed by atoms with van der Waals surface area (Å²) in [6.45, 7) is 0. The molecule has 0 aromatic carbocycles. The molecule has 3 aromatic heterocycles. The van der Waals surface area contributed by atoms with Crippen LogP contribution in [0, 0.1) is 0 Å². The third-order valence-electron chi connectivity index (χ3n) is 4.89. The molecule has 0 saturated heterocycles. The molecular formula is C18H21N5O2. The smallest absolute Gasteiger partial charge is 0.259 e. The lowest BCUT2D eigenvalue weighted by Crippen LogP contribution is -2.28. The molecule has 7 heteroatoms. The maximum absolute atomic E-state index is 5.86. The molecule has 0 N–H and O–H groups in total. The van der Waals surface area contributed by atoms with Crippen LogP contribution >= 0.6 is 0 Å². The molecule has 0 aliphatic heterocycles. The number of ether oxygens (including phenoxy) is 1. The molecule has 1 saturated carbocycles. The van der Waals surface area contributed by atoms with Crippen LogP contribution in [-0.4, -0.2) is 31.8 Å². The predicted molar refractivity (Wildman–Crippen MR) is 91.0 cm³/mol. The summed E-state index contributed by atoms with van der Waals surface area (Å²) in [6.07, 6.45) is 13.5. The quantitative estimate of drug-likeness (QED) is 0.677. The van der Waals surface area contributed by atoms with Crippen LogP contribution in [0.5, 0.6) is 0 Å². The van der Waals surface area contributed by atoms with Gasteiger partial charge in [0.2, 0.25) is 5.82 Å². The summed E-state index contributed by atoms with van der Waals surface area (Å²) >= 11 is 0. The maximum Gasteiger partial charge on any atom is 0.259 e. The lowest BCUT2D eigenvalue weighted by molar-refractivity contribution is -0.0520. The molecular weight excluding hydrogens is 318 g/mol. The maximum atomic E-state index is 5.86. The summed E-state index contributed by atoms with van der Waals surface area (Å²) in [5, 5.41) is 4.19. The van der Waals surface area contributed by atoms with E-state index in [0.717, 1.165) is 37.1 Å². The van der Waals surface area contributed by atoms with Gasteiger partial charge in [-0.15, -0.1) is 0 Å². The largest absolute Gasteiger partial charge is 0.368 e. The Morgan fingerprint density at radius 1 is 1.16 bits per heavy atom. The minimum Gasteiger partial charge on any atom is -0.368 e. The first kappa shape index (κ1) is 16.0. The van der Waals surface area contributed by atoms with Gasteiger partial charge in [0.1, 0.15) is 17.7 Å². The first-order chi connectivity index (χ1) is 12.3. The van der Waals surface area contributed by atoms with Crippen molar-refractivity contribution in [2.24, 2.45) is 0 Å². The highest BCUT2D eigenvalue weighted by atomic mass is 16.5. The van der Waals surface area contributed by atoms with Crippen LogP contribution in [0.2, 0.25) is 0 Å². The third-order valence-corrected chi connectivity index (χ3v) is 4.89. The summed E-state index contributed by atoms with van der Waals surface area (Å²) < 4.78 is 13.3. The van der Waals surface area contributed by atoms with Gasteiger partial charge in [-0.25, -0.2) is 9.97 Å². The first-order valence-corrected chi connectivity index (χ1v) is 8.65. The molecule has 3 heterocycles. The lowest BCUT2D eigenvalue weighted by Gasteiger charge is -2.26. The van der Waals surface area contributed by atoms with E-state index in [1.807, 2.05) is 22.9 Å². The van der Waals surface area contributed by atoms with Crippen LogP contribution in [0.1, 0.15) is 44.4 Å². The number of hydrogen-bond donors (Lipinski definition) is 0. The van der Waals surface area contributed by atoms with Gasteiger partial charge in [0.25, 0.3) is 5.89 Å². The van der Waals surface area contributed by atoms with Gasteiger partial charge in [-0.1, -0.05) is 30.8 Å². The van der Waals surface area contributed by atoms with Gasteiger partial charge in [0, 0.05) is 31.3 Å². The molecule has 7 nitrogen and oxygen atoms in total. The Labute approximate surface area is 146 Å². The molecule has 1 aliphatic carbocycles. The van der Waals surface area contributed by atoms with E-state index in [9.17, 15) is 0 Å². The topological polar surface area (TPSA) is 78.9 Å². The predicted octanol–water partition coefficient (Wildman–Crippen LogP) is 3.51. The average molecular weight is 339 g/mol. The van der Waals surface area contributed by atoms with Crippen molar-refractivity contribution in [1.29, 1.82) is 0 Å². The molecule has 1 aliphatic rings. The molecule has 0 amide bonds. The van der Waals surface area contributed by atoms with E-state index in [1.54, 1.807) is 25.8 Å². The molecule has 4 rings (SSSR count). The lowest BCUT2D eigenvalue weighted by atomic mass is 9.94. The summed E-state index contributed by atoms with van der Waals surface area (Å²) in [4.78, 5) is 13.1. The molecule has 1 fully saturated rings. The standard InChI is InChI=1S/C18H21N5O2/c1-24-18(7-4-2-3-5-8-18)17-21-16(22-25-17)14-6-9-20-15(12-14)23-11-10-19-13-23/h6,9-13H,2-5,7-8H2,1H3. The average Bonchev–Trinajstić information content (AvgIpc) is 3.31. The van der Waals surface area contributed by atoms with E-state index in [1.165, 1.54) is 12.8 Å². The van der Waals surface area contributed by atoms with Crippen molar-refractivity contribution in [3.05, 3.63) is 42.9 Å². The van der Waals surface area contributed by atoms with Gasteiger partial charge in [-0.05, 0) is 25.0 Å². The molecule has 0 spiro atoms. The van der Waals surface area contributed by atoms with Crippen molar-refractivity contribution in [2.45, 2.75) is 44.1 Å². The second-order valence-corrected chi connectivity index (χ2v) is 6.41. The van der Waals surface area contributed by atoms with Gasteiger partial charge in [0.05, 0.1) is 0 Å². The van der Waals surface area contributed by atoms with E-state index in [-0.39, 0.29) is 0 Å². The fourth-order valence-corrected chi connectivity index (χ4v) is 3.42. The van der Waals surface area contributed by atoms with Crippen LogP contribution in [0.3, 0.4) is 0 Å². The van der Waals surface area contributed by atoms with Gasteiger partial charge >= 0.3 is 0 Å². The van der Waals surface area contributed by atoms with E-state index in [0.29, 0.717) is 11.7 Å². The third kappa shape index (κ3) is 3.07. The molecule has 0 unspecified atom stereocenters. The van der Waals surface area contributed by atoms with Crippen molar-refractivity contribution in [3.63, 3.8) is 0 Å². The number of methoxy groups -OCH3 is 1. The van der Waals surface area contributed by atoms with Gasteiger partial charge in [-0.2, -0.15) is 4.98 Å². The van der Waals surface area contributed by atoms with E-state index in [4.69, 9.17) is 9.26 Å². The molecule has 130 valence electrons. The van der Waals surface area contributed by atoms with Gasteiger partial charge < -0.3 is 9.26 Å². The van der Waals surface area contributed by atoms with E-state index >= 15 is 0 Å². The van der Waals surface area contributed by atoms with Crippen molar-refractivity contribution < 1.29 is 9.26 Å². The Balaban J connectivity index is 1.66. The van der Waals surface area contributed by atoms with Gasteiger partial charge in [0.15, 0.2) is 0 Å². The normalized spacial score (nSPS) is 17.3. The van der Waals surface area contributed by atoms with Crippen LogP contribution in [0.15, 0.2) is 41.6 Å². The Morgan fingerprint density at radius 3 is 2.72 bits per heavy atom. The zero-order valence-electron chi connectivity index (χ0n) is 14.3. The highest BCUT2D eigenvalue weighted by molar-refractivity contribution is 5.56. The van der Waals surface area contributed by atoms with Crippen molar-refractivity contribution in [2.75, 3.05) is 7.11 Å². The summed E-state index contributed by atoms with van der Waals surface area (Å²) in [5.41, 5.74) is 0.399. The number of imidazole rings is 1. The number of hydrogen-bond acceptors (Lipinski definition) is 6. The number of pyridine rings is 1. The second-order valence-electron chi connectivity index (χ2n) is 6.41. The zero-order valence-corrected chi connectivity index (χ0v) is 14.3. The summed E-state index contributed by atoms with van der Waals surface area (Å²) in [6, 6.07) is 3.80. The molecule has 3 aromatic rings. The fraction of sp³-hybridized carbons (Fsp3) is 0.444. The SMILES string of the molecule is COC1(c2nc(-c3ccnc(-n4ccnc4)c3)no2)CCCCCC1. The van der Waals surface area contributed by atoms with Crippen molar-refractivity contribution in [1.82, 2.24) is 24.7 Å². The Morgan fingerprint density at radius 2 is 2.00 bits per heavy atom. The van der Waals surface area contributed by atoms with Crippen LogP contribution in [0.4, 0.5) is 0 Å². The van der Waals surface area contributed by atoms with E-state index < -0.39 is 5.60 Å². The minimum atomic E-state index is -0.456. The van der Waals surface area contributed by atoms with Crippen LogP contribution < -0.4 is 0 Å². The van der Waals surface area contributed by atoms with Crippen molar-refractivity contribution >= 4 is 0 Å². The van der Waals surface area contributed by atoms with Crippen LogP contribution in [-0.2, 0) is 10.3 Å². The highest BCUT2D eigenvalue weighted by Gasteiger charge is 2.38. The van der Waals surface area contributed by atoms with Gasteiger partial charge in [-0.3, -0.25) is 4.57 Å². The number of nitrogens with zero attached hydrogens (tertiary/aromatic N) is 5. The van der Waals surface area contributed by atoms with Crippen LogP contribution in [0.25, 0.3) is 17.2 Å². The molecule has 0 radical (unpaired) electrons. The van der Waals surface area contributed by atoms with Crippen molar-refractivity contribution in [3.8, 4) is 17.2 Å². The molecule has 25 heavy (non-hydrogen) atoms. The Hall–Kier alpha value is -2.54. The zero-order chi connectivity index (χ0) is 17.1. The highest BCUT2D eigenvalue weighted by Crippen LogP contribution is 2.38. The monoisotopic (exact) mass is 339 g/mol. The molecule has 0 atom stereocenters. The number of rotatable bonds is 4. The Bertz CT molecular complexity index is 820. The first-order valence-electron chi connectivity index (χ1n) is 8.65. The second kappa shape index (κ2) is 6.76. The fourth-order valence-electron chi connectivity index (χ4n) is 3.42. The minimum absolute atomic E-state index is 0.456.